The van der Waals surface area contributed by atoms with Gasteiger partial charge in [0.05, 0.1) is 6.42 Å². The zero-order valence-corrected chi connectivity index (χ0v) is 6.70. The Bertz CT molecular complexity index is 196. The number of aliphatic carboxylic acids is 1. The summed E-state index contributed by atoms with van der Waals surface area (Å²) in [5, 5.41) is 8.11. The van der Waals surface area contributed by atoms with E-state index in [2.05, 4.69) is 4.74 Å². The van der Waals surface area contributed by atoms with E-state index < -0.39 is 24.0 Å². The van der Waals surface area contributed by atoms with Gasteiger partial charge in [0.1, 0.15) is 6.61 Å². The number of carboxylic acid groups (broad SMARTS) is 1. The first kappa shape index (κ1) is 10.8. The summed E-state index contributed by atoms with van der Waals surface area (Å²) >= 11 is 0. The summed E-state index contributed by atoms with van der Waals surface area (Å²) in [5.74, 6) is -3.19. The SMILES string of the molecule is CCOCC(=O)CC(=O)C(=O)O. The Morgan fingerprint density at radius 3 is 2.33 bits per heavy atom. The van der Waals surface area contributed by atoms with Crippen molar-refractivity contribution in [1.82, 2.24) is 0 Å². The molecule has 12 heavy (non-hydrogen) atoms. The molecule has 0 fully saturated rings. The molecule has 0 amide bonds. The third-order valence-corrected chi connectivity index (χ3v) is 1.06. The maximum atomic E-state index is 10.7. The zero-order chi connectivity index (χ0) is 9.56. The quantitative estimate of drug-likeness (QED) is 0.439. The highest BCUT2D eigenvalue weighted by atomic mass is 16.5. The van der Waals surface area contributed by atoms with Gasteiger partial charge >= 0.3 is 5.97 Å². The molecule has 0 aromatic rings. The lowest BCUT2D eigenvalue weighted by molar-refractivity contribution is -0.150. The van der Waals surface area contributed by atoms with Crippen LogP contribution in [0.4, 0.5) is 0 Å². The van der Waals surface area contributed by atoms with Crippen molar-refractivity contribution < 1.29 is 24.2 Å². The first-order valence-electron chi connectivity index (χ1n) is 3.43. The van der Waals surface area contributed by atoms with E-state index in [0.29, 0.717) is 6.61 Å². The monoisotopic (exact) mass is 174 g/mol. The Morgan fingerprint density at radius 1 is 1.33 bits per heavy atom. The predicted molar refractivity (Wildman–Crippen MR) is 38.8 cm³/mol. The van der Waals surface area contributed by atoms with Gasteiger partial charge in [-0.15, -0.1) is 0 Å². The fraction of sp³-hybridized carbons (Fsp3) is 0.571. The van der Waals surface area contributed by atoms with Crippen LogP contribution in [0.5, 0.6) is 0 Å². The molecule has 5 heteroatoms. The largest absolute Gasteiger partial charge is 0.475 e. The average Bonchev–Trinajstić information content (AvgIpc) is 2.00. The molecule has 0 radical (unpaired) electrons. The Hall–Kier alpha value is -1.23. The van der Waals surface area contributed by atoms with Crippen LogP contribution in [0, 0.1) is 0 Å². The lowest BCUT2D eigenvalue weighted by atomic mass is 10.2. The fourth-order valence-electron chi connectivity index (χ4n) is 0.522. The van der Waals surface area contributed by atoms with Crippen LogP contribution in [-0.2, 0) is 19.1 Å². The van der Waals surface area contributed by atoms with Gasteiger partial charge in [0.25, 0.3) is 0 Å². The van der Waals surface area contributed by atoms with E-state index in [-0.39, 0.29) is 6.61 Å². The Morgan fingerprint density at radius 2 is 1.92 bits per heavy atom. The van der Waals surface area contributed by atoms with E-state index in [1.54, 1.807) is 6.92 Å². The molecule has 0 aliphatic carbocycles. The van der Waals surface area contributed by atoms with E-state index in [0.717, 1.165) is 0 Å². The van der Waals surface area contributed by atoms with Gasteiger partial charge in [0, 0.05) is 6.61 Å². The van der Waals surface area contributed by atoms with Crippen LogP contribution in [0.3, 0.4) is 0 Å². The molecule has 0 aromatic heterocycles. The fourth-order valence-corrected chi connectivity index (χ4v) is 0.522. The molecule has 68 valence electrons. The van der Waals surface area contributed by atoms with Crippen LogP contribution in [0.1, 0.15) is 13.3 Å². The van der Waals surface area contributed by atoms with Crippen LogP contribution in [0.15, 0.2) is 0 Å². The van der Waals surface area contributed by atoms with Crippen molar-refractivity contribution in [2.24, 2.45) is 0 Å². The summed E-state index contributed by atoms with van der Waals surface area (Å²) < 4.78 is 4.68. The molecule has 0 atom stereocenters. The summed E-state index contributed by atoms with van der Waals surface area (Å²) in [6.45, 7) is 1.87. The smallest absolute Gasteiger partial charge is 0.372 e. The molecule has 0 saturated heterocycles. The molecule has 0 aromatic carbocycles. The van der Waals surface area contributed by atoms with Crippen molar-refractivity contribution in [3.63, 3.8) is 0 Å². The van der Waals surface area contributed by atoms with Crippen molar-refractivity contribution in [2.75, 3.05) is 13.2 Å². The van der Waals surface area contributed by atoms with Gasteiger partial charge in [0.2, 0.25) is 5.78 Å². The highest BCUT2D eigenvalue weighted by Gasteiger charge is 2.15. The maximum Gasteiger partial charge on any atom is 0.372 e. The molecule has 0 rings (SSSR count). The van der Waals surface area contributed by atoms with Gasteiger partial charge < -0.3 is 9.84 Å². The standard InChI is InChI=1S/C7H10O5/c1-2-12-4-5(8)3-6(9)7(10)11/h2-4H2,1H3,(H,10,11). The van der Waals surface area contributed by atoms with Gasteiger partial charge in [-0.25, -0.2) is 4.79 Å². The Labute approximate surface area is 69.3 Å². The van der Waals surface area contributed by atoms with Crippen molar-refractivity contribution >= 4 is 17.5 Å². The lowest BCUT2D eigenvalue weighted by Crippen LogP contribution is -2.19. The van der Waals surface area contributed by atoms with Gasteiger partial charge in [-0.05, 0) is 6.92 Å². The first-order valence-corrected chi connectivity index (χ1v) is 3.43. The number of hydrogen-bond donors (Lipinski definition) is 1. The molecule has 0 unspecified atom stereocenters. The van der Waals surface area contributed by atoms with Crippen molar-refractivity contribution in [3.05, 3.63) is 0 Å². The second-order valence-corrected chi connectivity index (χ2v) is 2.08. The minimum absolute atomic E-state index is 0.199. The molecule has 0 heterocycles. The van der Waals surface area contributed by atoms with Crippen molar-refractivity contribution in [1.29, 1.82) is 0 Å². The summed E-state index contributed by atoms with van der Waals surface area (Å²) in [5.41, 5.74) is 0. The number of hydrogen-bond acceptors (Lipinski definition) is 4. The van der Waals surface area contributed by atoms with E-state index in [1.807, 2.05) is 0 Å². The van der Waals surface area contributed by atoms with E-state index in [1.165, 1.54) is 0 Å². The molecule has 5 nitrogen and oxygen atoms in total. The lowest BCUT2D eigenvalue weighted by Gasteiger charge is -1.97. The number of ketones is 2. The molecule has 0 bridgehead atoms. The normalized spacial score (nSPS) is 9.42. The Balaban J connectivity index is 3.69. The molecule has 1 N–H and O–H groups in total. The summed E-state index contributed by atoms with van der Waals surface area (Å²) in [6, 6.07) is 0. The summed E-state index contributed by atoms with van der Waals surface area (Å²) in [7, 11) is 0. The molecule has 0 aliphatic heterocycles. The molecule has 0 saturated carbocycles. The van der Waals surface area contributed by atoms with E-state index >= 15 is 0 Å². The van der Waals surface area contributed by atoms with Gasteiger partial charge in [0.15, 0.2) is 5.78 Å². The number of carboxylic acids is 1. The Kier molecular flexibility index (Phi) is 4.87. The third-order valence-electron chi connectivity index (χ3n) is 1.06. The van der Waals surface area contributed by atoms with Crippen molar-refractivity contribution in [2.45, 2.75) is 13.3 Å². The van der Waals surface area contributed by atoms with Gasteiger partial charge in [-0.1, -0.05) is 0 Å². The van der Waals surface area contributed by atoms with Gasteiger partial charge in [-0.2, -0.15) is 0 Å². The molecule has 0 spiro atoms. The molecular weight excluding hydrogens is 164 g/mol. The first-order chi connectivity index (χ1) is 5.57. The van der Waals surface area contributed by atoms with Crippen LogP contribution in [-0.4, -0.2) is 35.9 Å². The zero-order valence-electron chi connectivity index (χ0n) is 6.70. The number of carbonyl (C=O) groups is 3. The van der Waals surface area contributed by atoms with Crippen molar-refractivity contribution in [3.8, 4) is 0 Å². The van der Waals surface area contributed by atoms with Crippen LogP contribution in [0.25, 0.3) is 0 Å². The topological polar surface area (TPSA) is 80.7 Å². The minimum Gasteiger partial charge on any atom is -0.475 e. The molecular formula is C7H10O5. The highest BCUT2D eigenvalue weighted by Crippen LogP contribution is 1.87. The van der Waals surface area contributed by atoms with Crippen LogP contribution >= 0.6 is 0 Å². The number of rotatable bonds is 6. The van der Waals surface area contributed by atoms with Crippen LogP contribution < -0.4 is 0 Å². The van der Waals surface area contributed by atoms with E-state index in [4.69, 9.17) is 5.11 Å². The summed E-state index contributed by atoms with van der Waals surface area (Å²) in [4.78, 5) is 31.1. The maximum absolute atomic E-state index is 10.7. The second kappa shape index (κ2) is 5.42. The average molecular weight is 174 g/mol. The number of carbonyl (C=O) groups excluding carboxylic acids is 2. The molecule has 0 aliphatic rings. The number of ether oxygens (including phenoxy) is 1. The predicted octanol–water partition coefficient (Wildman–Crippen LogP) is -0.364. The third kappa shape index (κ3) is 4.56. The summed E-state index contributed by atoms with van der Waals surface area (Å²) in [6.07, 6.45) is -0.588. The number of Topliss-reactive ketones (excluding diaryl/α,β-unsaturated/α-hetero) is 2. The van der Waals surface area contributed by atoms with Crippen LogP contribution in [0.2, 0.25) is 0 Å². The van der Waals surface area contributed by atoms with E-state index in [9.17, 15) is 14.4 Å². The second-order valence-electron chi connectivity index (χ2n) is 2.08. The minimum atomic E-state index is -1.58. The highest BCUT2D eigenvalue weighted by molar-refractivity contribution is 6.36. The van der Waals surface area contributed by atoms with Gasteiger partial charge in [-0.3, -0.25) is 9.59 Å².